The third-order valence-electron chi connectivity index (χ3n) is 6.64. The van der Waals surface area contributed by atoms with Crippen molar-refractivity contribution in [2.45, 2.75) is 44.7 Å². The summed E-state index contributed by atoms with van der Waals surface area (Å²) < 4.78 is 2.31. The summed E-state index contributed by atoms with van der Waals surface area (Å²) in [6, 6.07) is 23.1. The van der Waals surface area contributed by atoms with Crippen molar-refractivity contribution < 1.29 is 4.79 Å². The van der Waals surface area contributed by atoms with E-state index in [0.717, 1.165) is 42.8 Å². The number of nitrogens with zero attached hydrogens (tertiary/aromatic N) is 3. The maximum absolute atomic E-state index is 13.1. The predicted octanol–water partition coefficient (Wildman–Crippen LogP) is 4.62. The number of aromatic nitrogens is 2. The van der Waals surface area contributed by atoms with E-state index in [1.807, 2.05) is 23.1 Å². The molecule has 1 amide bonds. The van der Waals surface area contributed by atoms with Gasteiger partial charge in [0.05, 0.1) is 17.1 Å². The van der Waals surface area contributed by atoms with E-state index >= 15 is 0 Å². The molecule has 1 unspecified atom stereocenters. The van der Waals surface area contributed by atoms with Crippen molar-refractivity contribution >= 4 is 27.7 Å². The van der Waals surface area contributed by atoms with Crippen LogP contribution < -0.4 is 5.73 Å². The second kappa shape index (κ2) is 8.75. The fraction of sp³-hybridized carbons (Fsp3) is 0.333. The number of hydrogen-bond donors (Lipinski definition) is 1. The number of para-hydroxylation sites is 2. The minimum absolute atomic E-state index is 0.157. The van der Waals surface area contributed by atoms with Gasteiger partial charge in [0.2, 0.25) is 5.91 Å². The Morgan fingerprint density at radius 2 is 1.88 bits per heavy atom. The van der Waals surface area contributed by atoms with Gasteiger partial charge in [-0.25, -0.2) is 4.98 Å². The first-order chi connectivity index (χ1) is 15.6. The van der Waals surface area contributed by atoms with Gasteiger partial charge in [-0.2, -0.15) is 0 Å². The lowest BCUT2D eigenvalue weighted by molar-refractivity contribution is -0.133. The Balaban J connectivity index is 1.25. The summed E-state index contributed by atoms with van der Waals surface area (Å²) >= 11 is 0. The Morgan fingerprint density at radius 1 is 1.09 bits per heavy atom. The van der Waals surface area contributed by atoms with Crippen molar-refractivity contribution in [3.63, 3.8) is 0 Å². The highest BCUT2D eigenvalue weighted by molar-refractivity contribution is 5.83. The highest BCUT2D eigenvalue weighted by atomic mass is 16.2. The number of carbonyl (C=O) groups excluding carboxylic acids is 1. The first-order valence-electron chi connectivity index (χ1n) is 11.5. The van der Waals surface area contributed by atoms with Crippen molar-refractivity contribution in [3.05, 3.63) is 78.1 Å². The number of benzene rings is 3. The average Bonchev–Trinajstić information content (AvgIpc) is 3.14. The maximum Gasteiger partial charge on any atom is 0.224 e. The molecule has 5 heteroatoms. The molecule has 2 heterocycles. The third kappa shape index (κ3) is 4.13. The van der Waals surface area contributed by atoms with Crippen molar-refractivity contribution in [1.29, 1.82) is 0 Å². The fourth-order valence-electron chi connectivity index (χ4n) is 5.11. The first-order valence-corrected chi connectivity index (χ1v) is 11.5. The molecule has 5 nitrogen and oxygen atoms in total. The molecule has 0 saturated carbocycles. The van der Waals surface area contributed by atoms with Crippen LogP contribution in [0.3, 0.4) is 0 Å². The lowest BCUT2D eigenvalue weighted by atomic mass is 9.99. The van der Waals surface area contributed by atoms with Crippen LogP contribution in [-0.4, -0.2) is 39.5 Å². The molecule has 1 saturated heterocycles. The van der Waals surface area contributed by atoms with Crippen LogP contribution in [0.15, 0.2) is 66.7 Å². The largest absolute Gasteiger partial charge is 0.341 e. The number of imidazole rings is 1. The summed E-state index contributed by atoms with van der Waals surface area (Å²) in [4.78, 5) is 19.8. The van der Waals surface area contributed by atoms with E-state index in [1.165, 1.54) is 16.3 Å². The first kappa shape index (κ1) is 20.7. The van der Waals surface area contributed by atoms with Crippen LogP contribution in [0, 0.1) is 6.92 Å². The molecule has 4 aromatic rings. The number of piperidine rings is 1. The van der Waals surface area contributed by atoms with Gasteiger partial charge in [-0.3, -0.25) is 4.79 Å². The molecule has 0 radical (unpaired) electrons. The molecule has 1 fully saturated rings. The topological polar surface area (TPSA) is 64.2 Å². The summed E-state index contributed by atoms with van der Waals surface area (Å²) in [5, 5.41) is 2.44. The molecule has 2 atom stereocenters. The number of hydrogen-bond acceptors (Lipinski definition) is 3. The molecular weight excluding hydrogens is 396 g/mol. The van der Waals surface area contributed by atoms with Crippen LogP contribution in [0.4, 0.5) is 0 Å². The maximum atomic E-state index is 13.1. The number of carbonyl (C=O) groups is 1. The summed E-state index contributed by atoms with van der Waals surface area (Å²) in [5.74, 6) is 1.17. The average molecular weight is 427 g/mol. The van der Waals surface area contributed by atoms with Crippen LogP contribution in [-0.2, 0) is 11.2 Å². The zero-order valence-corrected chi connectivity index (χ0v) is 18.6. The van der Waals surface area contributed by atoms with Gasteiger partial charge in [-0.1, -0.05) is 54.6 Å². The SMILES string of the molecule is Cc1nc2ccccc2n1C1CCCN(C(=O)C[C@H](N)Cc2ccc3ccccc3c2)C1. The van der Waals surface area contributed by atoms with Crippen molar-refractivity contribution in [1.82, 2.24) is 14.5 Å². The highest BCUT2D eigenvalue weighted by Crippen LogP contribution is 2.28. The lowest BCUT2D eigenvalue weighted by Crippen LogP contribution is -2.43. The van der Waals surface area contributed by atoms with Crippen LogP contribution in [0.25, 0.3) is 21.8 Å². The van der Waals surface area contributed by atoms with Crippen LogP contribution >= 0.6 is 0 Å². The Hall–Kier alpha value is -3.18. The smallest absolute Gasteiger partial charge is 0.224 e. The van der Waals surface area contributed by atoms with E-state index < -0.39 is 0 Å². The normalized spacial score (nSPS) is 17.7. The van der Waals surface area contributed by atoms with Gasteiger partial charge in [0.15, 0.2) is 0 Å². The number of rotatable bonds is 5. The number of fused-ring (bicyclic) bond motifs is 2. The van der Waals surface area contributed by atoms with E-state index in [9.17, 15) is 4.79 Å². The minimum Gasteiger partial charge on any atom is -0.341 e. The molecule has 1 aliphatic rings. The zero-order chi connectivity index (χ0) is 22.1. The van der Waals surface area contributed by atoms with Crippen molar-refractivity contribution in [2.24, 2.45) is 5.73 Å². The molecule has 1 aliphatic heterocycles. The van der Waals surface area contributed by atoms with Crippen molar-refractivity contribution in [2.75, 3.05) is 13.1 Å². The quantitative estimate of drug-likeness (QED) is 0.506. The van der Waals surface area contributed by atoms with E-state index in [-0.39, 0.29) is 18.0 Å². The van der Waals surface area contributed by atoms with Crippen LogP contribution in [0.2, 0.25) is 0 Å². The molecule has 1 aromatic heterocycles. The molecule has 0 aliphatic carbocycles. The van der Waals surface area contributed by atoms with Gasteiger partial charge in [0.25, 0.3) is 0 Å². The summed E-state index contributed by atoms with van der Waals surface area (Å²) in [6.07, 6.45) is 3.15. The second-order valence-electron chi connectivity index (χ2n) is 9.00. The Labute approximate surface area is 188 Å². The number of nitrogens with two attached hydrogens (primary N) is 1. The number of likely N-dealkylation sites (tertiary alicyclic amines) is 1. The van der Waals surface area contributed by atoms with Gasteiger partial charge >= 0.3 is 0 Å². The third-order valence-corrected chi connectivity index (χ3v) is 6.64. The standard InChI is InChI=1S/C27H30N4O/c1-19-29-25-10-4-5-11-26(25)31(19)24-9-6-14-30(18-24)27(32)17-23(28)16-20-12-13-21-7-2-3-8-22(21)15-20/h2-5,7-8,10-13,15,23-24H,6,9,14,16-18,28H2,1H3/t23-,24?/m1/s1. The number of amides is 1. The van der Waals surface area contributed by atoms with E-state index in [2.05, 4.69) is 60.0 Å². The molecule has 2 N–H and O–H groups in total. The summed E-state index contributed by atoms with van der Waals surface area (Å²) in [6.45, 7) is 3.59. The molecule has 0 bridgehead atoms. The highest BCUT2D eigenvalue weighted by Gasteiger charge is 2.27. The van der Waals surface area contributed by atoms with E-state index in [0.29, 0.717) is 12.8 Å². The molecule has 164 valence electrons. The van der Waals surface area contributed by atoms with Gasteiger partial charge in [-0.15, -0.1) is 0 Å². The Morgan fingerprint density at radius 3 is 2.75 bits per heavy atom. The van der Waals surface area contributed by atoms with Crippen LogP contribution in [0.1, 0.15) is 36.7 Å². The molecule has 0 spiro atoms. The number of aryl methyl sites for hydroxylation is 1. The van der Waals surface area contributed by atoms with Gasteiger partial charge < -0.3 is 15.2 Å². The molecule has 5 rings (SSSR count). The summed E-state index contributed by atoms with van der Waals surface area (Å²) in [5.41, 5.74) is 9.77. The lowest BCUT2D eigenvalue weighted by Gasteiger charge is -2.35. The molecule has 32 heavy (non-hydrogen) atoms. The molecule has 3 aromatic carbocycles. The zero-order valence-electron chi connectivity index (χ0n) is 18.6. The minimum atomic E-state index is -0.181. The van der Waals surface area contributed by atoms with E-state index in [1.54, 1.807) is 0 Å². The fourth-order valence-corrected chi connectivity index (χ4v) is 5.11. The van der Waals surface area contributed by atoms with Gasteiger partial charge in [0.1, 0.15) is 5.82 Å². The van der Waals surface area contributed by atoms with Gasteiger partial charge in [-0.05, 0) is 54.7 Å². The summed E-state index contributed by atoms with van der Waals surface area (Å²) in [7, 11) is 0. The Bertz CT molecular complexity index is 1260. The van der Waals surface area contributed by atoms with Crippen LogP contribution in [0.5, 0.6) is 0 Å². The Kier molecular flexibility index (Phi) is 5.66. The second-order valence-corrected chi connectivity index (χ2v) is 9.00. The molecular formula is C27H30N4O. The van der Waals surface area contributed by atoms with Gasteiger partial charge in [0, 0.05) is 25.6 Å². The monoisotopic (exact) mass is 426 g/mol. The van der Waals surface area contributed by atoms with Crippen molar-refractivity contribution in [3.8, 4) is 0 Å². The van der Waals surface area contributed by atoms with E-state index in [4.69, 9.17) is 10.7 Å². The predicted molar refractivity (Wildman–Crippen MR) is 130 cm³/mol.